The Balaban J connectivity index is 1.40. The van der Waals surface area contributed by atoms with Crippen molar-refractivity contribution >= 4 is 5.91 Å². The van der Waals surface area contributed by atoms with Crippen molar-refractivity contribution in [3.05, 3.63) is 42.4 Å². The number of hydrogen-bond donors (Lipinski definition) is 0. The van der Waals surface area contributed by atoms with Gasteiger partial charge < -0.3 is 9.47 Å². The van der Waals surface area contributed by atoms with Crippen LogP contribution < -0.4 is 0 Å². The van der Waals surface area contributed by atoms with Crippen molar-refractivity contribution in [2.75, 3.05) is 13.1 Å². The average Bonchev–Trinajstić information content (AvgIpc) is 3.25. The van der Waals surface area contributed by atoms with Crippen LogP contribution in [0.25, 0.3) is 11.3 Å². The molecule has 0 N–H and O–H groups in total. The monoisotopic (exact) mass is 307 g/mol. The summed E-state index contributed by atoms with van der Waals surface area (Å²) in [5.74, 6) is 1.34. The summed E-state index contributed by atoms with van der Waals surface area (Å²) < 4.78 is 2.34. The molecule has 1 aromatic heterocycles. The molecule has 1 unspecified atom stereocenters. The van der Waals surface area contributed by atoms with Gasteiger partial charge >= 0.3 is 0 Å². The first-order valence-electron chi connectivity index (χ1n) is 8.73. The summed E-state index contributed by atoms with van der Waals surface area (Å²) in [6, 6.07) is 9.10. The number of carbonyl (C=O) groups is 1. The second-order valence-corrected chi connectivity index (χ2v) is 7.16. The number of nitrogens with zero attached hydrogens (tertiary/aromatic N) is 3. The number of carbonyl (C=O) groups excluding carboxylic acids is 1. The summed E-state index contributed by atoms with van der Waals surface area (Å²) in [6.45, 7) is 1.84. The largest absolute Gasteiger partial charge is 0.342 e. The number of hydrogen-bond acceptors (Lipinski definition) is 2. The predicted octanol–water partition coefficient (Wildman–Crippen LogP) is 3.10. The highest BCUT2D eigenvalue weighted by Crippen LogP contribution is 2.45. The summed E-state index contributed by atoms with van der Waals surface area (Å²) in [5.41, 5.74) is 3.99. The van der Waals surface area contributed by atoms with E-state index in [0.717, 1.165) is 38.8 Å². The quantitative estimate of drug-likeness (QED) is 0.855. The molecule has 0 spiro atoms. The standard InChI is InChI=1S/C19H21N3O/c23-19(14-5-6-14)21-9-7-13(8-10-21)18-16-4-2-1-3-15(16)17-11-20-12-22(17)18/h1-4,11-14,18H,5-10H2. The maximum absolute atomic E-state index is 12.3. The third kappa shape index (κ3) is 2.04. The fraction of sp³-hybridized carbons (Fsp3) is 0.474. The topological polar surface area (TPSA) is 38.1 Å². The Morgan fingerprint density at radius 2 is 1.87 bits per heavy atom. The van der Waals surface area contributed by atoms with Gasteiger partial charge in [-0.05, 0) is 37.2 Å². The molecule has 0 radical (unpaired) electrons. The predicted molar refractivity (Wildman–Crippen MR) is 87.8 cm³/mol. The molecule has 1 aromatic carbocycles. The SMILES string of the molecule is O=C(C1CC1)N1CCC(C2c3ccccc3-c3cncn32)CC1. The maximum atomic E-state index is 12.3. The highest BCUT2D eigenvalue weighted by atomic mass is 16.2. The number of likely N-dealkylation sites (tertiary alicyclic amines) is 1. The van der Waals surface area contributed by atoms with Gasteiger partial charge in [-0.15, -0.1) is 0 Å². The number of fused-ring (bicyclic) bond motifs is 3. The van der Waals surface area contributed by atoms with E-state index in [4.69, 9.17) is 0 Å². The first-order chi connectivity index (χ1) is 11.3. The third-order valence-corrected chi connectivity index (χ3v) is 5.75. The molecule has 1 amide bonds. The zero-order valence-corrected chi connectivity index (χ0v) is 13.2. The minimum atomic E-state index is 0.346. The molecule has 2 fully saturated rings. The van der Waals surface area contributed by atoms with E-state index in [9.17, 15) is 4.79 Å². The van der Waals surface area contributed by atoms with Crippen molar-refractivity contribution in [2.24, 2.45) is 11.8 Å². The van der Waals surface area contributed by atoms with Crippen LogP contribution in [0.1, 0.15) is 37.3 Å². The van der Waals surface area contributed by atoms with Gasteiger partial charge in [0.25, 0.3) is 0 Å². The van der Waals surface area contributed by atoms with E-state index in [1.807, 2.05) is 12.5 Å². The molecule has 1 saturated heterocycles. The lowest BCUT2D eigenvalue weighted by atomic mass is 9.85. The minimum Gasteiger partial charge on any atom is -0.342 e. The van der Waals surface area contributed by atoms with Crippen LogP contribution in [0.2, 0.25) is 0 Å². The van der Waals surface area contributed by atoms with E-state index in [0.29, 0.717) is 23.8 Å². The number of aromatic nitrogens is 2. The summed E-state index contributed by atoms with van der Waals surface area (Å²) in [6.07, 6.45) is 8.34. The van der Waals surface area contributed by atoms with Crippen LogP contribution >= 0.6 is 0 Å². The van der Waals surface area contributed by atoms with Gasteiger partial charge in [0, 0.05) is 24.6 Å². The lowest BCUT2D eigenvalue weighted by Crippen LogP contribution is -2.41. The van der Waals surface area contributed by atoms with E-state index >= 15 is 0 Å². The van der Waals surface area contributed by atoms with Crippen molar-refractivity contribution in [2.45, 2.75) is 31.7 Å². The van der Waals surface area contributed by atoms with E-state index in [1.54, 1.807) is 0 Å². The number of benzene rings is 1. The zero-order valence-electron chi connectivity index (χ0n) is 13.2. The van der Waals surface area contributed by atoms with Crippen LogP contribution in [-0.2, 0) is 4.79 Å². The number of rotatable bonds is 2. The Hall–Kier alpha value is -2.10. The van der Waals surface area contributed by atoms with Crippen LogP contribution in [0.3, 0.4) is 0 Å². The van der Waals surface area contributed by atoms with Gasteiger partial charge in [-0.2, -0.15) is 0 Å². The minimum absolute atomic E-state index is 0.346. The molecule has 3 aliphatic rings. The molecule has 2 aromatic rings. The molecule has 4 nitrogen and oxygen atoms in total. The summed E-state index contributed by atoms with van der Waals surface area (Å²) in [7, 11) is 0. The van der Waals surface area contributed by atoms with E-state index in [-0.39, 0.29) is 0 Å². The van der Waals surface area contributed by atoms with Crippen LogP contribution in [0.15, 0.2) is 36.8 Å². The summed E-state index contributed by atoms with van der Waals surface area (Å²) >= 11 is 0. The van der Waals surface area contributed by atoms with Gasteiger partial charge in [0.1, 0.15) is 0 Å². The van der Waals surface area contributed by atoms with Crippen molar-refractivity contribution in [1.82, 2.24) is 14.5 Å². The van der Waals surface area contributed by atoms with Crippen molar-refractivity contribution in [3.63, 3.8) is 0 Å². The van der Waals surface area contributed by atoms with Crippen molar-refractivity contribution < 1.29 is 4.79 Å². The first-order valence-corrected chi connectivity index (χ1v) is 8.73. The molecular weight excluding hydrogens is 286 g/mol. The zero-order chi connectivity index (χ0) is 15.4. The van der Waals surface area contributed by atoms with Crippen LogP contribution in [0.5, 0.6) is 0 Å². The molecule has 23 heavy (non-hydrogen) atoms. The second kappa shape index (κ2) is 4.95. The average molecular weight is 307 g/mol. The fourth-order valence-electron chi connectivity index (χ4n) is 4.38. The molecule has 1 aliphatic carbocycles. The van der Waals surface area contributed by atoms with Gasteiger partial charge in [-0.3, -0.25) is 4.79 Å². The van der Waals surface area contributed by atoms with E-state index < -0.39 is 0 Å². The highest BCUT2D eigenvalue weighted by molar-refractivity contribution is 5.81. The molecule has 118 valence electrons. The smallest absolute Gasteiger partial charge is 0.225 e. The number of piperidine rings is 1. The Morgan fingerprint density at radius 1 is 1.09 bits per heavy atom. The molecule has 0 bridgehead atoms. The fourth-order valence-corrected chi connectivity index (χ4v) is 4.38. The Labute approximate surface area is 136 Å². The Morgan fingerprint density at radius 3 is 2.65 bits per heavy atom. The van der Waals surface area contributed by atoms with E-state index in [1.165, 1.54) is 16.8 Å². The summed E-state index contributed by atoms with van der Waals surface area (Å²) in [5, 5.41) is 0. The lowest BCUT2D eigenvalue weighted by Gasteiger charge is -2.35. The van der Waals surface area contributed by atoms with E-state index in [2.05, 4.69) is 38.7 Å². The van der Waals surface area contributed by atoms with Gasteiger partial charge in [0.05, 0.1) is 24.3 Å². The van der Waals surface area contributed by atoms with Crippen LogP contribution in [0, 0.1) is 11.8 Å². The van der Waals surface area contributed by atoms with Crippen LogP contribution in [0.4, 0.5) is 0 Å². The third-order valence-electron chi connectivity index (χ3n) is 5.75. The molecule has 1 atom stereocenters. The molecule has 3 heterocycles. The molecule has 4 heteroatoms. The number of imidazole rings is 1. The van der Waals surface area contributed by atoms with Gasteiger partial charge in [0.15, 0.2) is 0 Å². The lowest BCUT2D eigenvalue weighted by molar-refractivity contribution is -0.134. The number of amides is 1. The first kappa shape index (κ1) is 13.3. The normalized spacial score (nSPS) is 23.7. The molecular formula is C19H21N3O. The van der Waals surface area contributed by atoms with Gasteiger partial charge in [0.2, 0.25) is 5.91 Å². The summed E-state index contributed by atoms with van der Waals surface area (Å²) in [4.78, 5) is 18.7. The molecule has 1 saturated carbocycles. The molecule has 5 rings (SSSR count). The Bertz CT molecular complexity index is 753. The molecule has 2 aliphatic heterocycles. The van der Waals surface area contributed by atoms with Crippen molar-refractivity contribution in [1.29, 1.82) is 0 Å². The van der Waals surface area contributed by atoms with Crippen molar-refractivity contribution in [3.8, 4) is 11.3 Å². The second-order valence-electron chi connectivity index (χ2n) is 7.16. The highest BCUT2D eigenvalue weighted by Gasteiger charge is 2.39. The van der Waals surface area contributed by atoms with Crippen LogP contribution in [-0.4, -0.2) is 33.4 Å². The Kier molecular flexibility index (Phi) is 2.87. The van der Waals surface area contributed by atoms with Gasteiger partial charge in [-0.25, -0.2) is 4.98 Å². The van der Waals surface area contributed by atoms with Gasteiger partial charge in [-0.1, -0.05) is 24.3 Å². The maximum Gasteiger partial charge on any atom is 0.225 e.